The van der Waals surface area contributed by atoms with Crippen LogP contribution in [0.2, 0.25) is 10.0 Å². The largest absolute Gasteiger partial charge is 0.335 e. The molecule has 6 heteroatoms. The van der Waals surface area contributed by atoms with Crippen LogP contribution in [-0.2, 0) is 13.0 Å². The number of likely N-dealkylation sites (N-methyl/N-ethyl adjacent to an activating group) is 1. The summed E-state index contributed by atoms with van der Waals surface area (Å²) < 4.78 is 2.11. The van der Waals surface area contributed by atoms with E-state index in [0.29, 0.717) is 10.0 Å². The van der Waals surface area contributed by atoms with Gasteiger partial charge in [0, 0.05) is 31.6 Å². The van der Waals surface area contributed by atoms with Crippen molar-refractivity contribution in [1.29, 1.82) is 0 Å². The monoisotopic (exact) mass is 298 g/mol. The lowest BCUT2D eigenvalue weighted by molar-refractivity contribution is 0.541. The maximum atomic E-state index is 6.20. The summed E-state index contributed by atoms with van der Waals surface area (Å²) in [5, 5.41) is 4.34. The summed E-state index contributed by atoms with van der Waals surface area (Å²) in [6.07, 6.45) is 6.12. The molecule has 2 aromatic rings. The zero-order chi connectivity index (χ0) is 13.8. The maximum Gasteiger partial charge on any atom is 0.110 e. The third-order valence-electron chi connectivity index (χ3n) is 3.04. The van der Waals surface area contributed by atoms with Crippen molar-refractivity contribution in [3.8, 4) is 0 Å². The highest BCUT2D eigenvalue weighted by Gasteiger charge is 2.17. The van der Waals surface area contributed by atoms with Crippen molar-refractivity contribution in [1.82, 2.24) is 19.9 Å². The summed E-state index contributed by atoms with van der Waals surface area (Å²) in [5.41, 5.74) is 0.791. The molecule has 0 saturated heterocycles. The minimum atomic E-state index is 0.0115. The number of imidazole rings is 1. The van der Waals surface area contributed by atoms with Gasteiger partial charge in [0.2, 0.25) is 0 Å². The molecule has 2 aromatic heterocycles. The highest BCUT2D eigenvalue weighted by atomic mass is 35.5. The van der Waals surface area contributed by atoms with Crippen molar-refractivity contribution in [3.05, 3.63) is 46.2 Å². The number of aromatic nitrogens is 3. The summed E-state index contributed by atoms with van der Waals surface area (Å²) in [6, 6.07) is 1.72. The second-order valence-electron chi connectivity index (χ2n) is 4.20. The van der Waals surface area contributed by atoms with Gasteiger partial charge in [0.25, 0.3) is 0 Å². The first-order chi connectivity index (χ1) is 9.15. The lowest BCUT2D eigenvalue weighted by atomic mass is 10.1. The van der Waals surface area contributed by atoms with Crippen LogP contribution in [0.25, 0.3) is 0 Å². The lowest BCUT2D eigenvalue weighted by Gasteiger charge is -2.17. The second kappa shape index (κ2) is 6.37. The molecule has 0 aromatic carbocycles. The van der Waals surface area contributed by atoms with Gasteiger partial charge in [0.1, 0.15) is 5.82 Å². The molecule has 19 heavy (non-hydrogen) atoms. The average Bonchev–Trinajstić information content (AvgIpc) is 2.84. The minimum absolute atomic E-state index is 0.0115. The Bertz CT molecular complexity index is 553. The fourth-order valence-electron chi connectivity index (χ4n) is 2.02. The first kappa shape index (κ1) is 14.3. The van der Waals surface area contributed by atoms with Crippen molar-refractivity contribution in [3.63, 3.8) is 0 Å². The van der Waals surface area contributed by atoms with Gasteiger partial charge in [-0.05, 0) is 20.0 Å². The summed E-state index contributed by atoms with van der Waals surface area (Å²) in [4.78, 5) is 8.70. The Morgan fingerprint density at radius 2 is 2.16 bits per heavy atom. The molecule has 2 rings (SSSR count). The molecule has 0 spiro atoms. The molecule has 0 fully saturated rings. The Morgan fingerprint density at radius 3 is 2.79 bits per heavy atom. The third-order valence-corrected chi connectivity index (χ3v) is 3.55. The molecule has 0 aliphatic carbocycles. The highest BCUT2D eigenvalue weighted by Crippen LogP contribution is 2.25. The first-order valence-corrected chi connectivity index (χ1v) is 6.89. The van der Waals surface area contributed by atoms with Gasteiger partial charge in [-0.15, -0.1) is 0 Å². The van der Waals surface area contributed by atoms with Crippen LogP contribution < -0.4 is 5.32 Å². The van der Waals surface area contributed by atoms with Crippen LogP contribution in [0.15, 0.2) is 24.7 Å². The van der Waals surface area contributed by atoms with E-state index >= 15 is 0 Å². The molecule has 0 aliphatic heterocycles. The number of hydrogen-bond acceptors (Lipinski definition) is 3. The zero-order valence-corrected chi connectivity index (χ0v) is 12.4. The van der Waals surface area contributed by atoms with Crippen LogP contribution in [-0.4, -0.2) is 21.6 Å². The average molecular weight is 299 g/mol. The summed E-state index contributed by atoms with van der Waals surface area (Å²) in [6.45, 7) is 2.99. The lowest BCUT2D eigenvalue weighted by Crippen LogP contribution is -2.22. The molecule has 4 nitrogen and oxygen atoms in total. The van der Waals surface area contributed by atoms with Crippen molar-refractivity contribution < 1.29 is 0 Å². The molecular formula is C13H16Cl2N4. The quantitative estimate of drug-likeness (QED) is 0.922. The van der Waals surface area contributed by atoms with E-state index in [1.165, 1.54) is 0 Å². The molecule has 0 saturated carbocycles. The zero-order valence-electron chi connectivity index (χ0n) is 10.9. The van der Waals surface area contributed by atoms with Crippen LogP contribution >= 0.6 is 23.2 Å². The summed E-state index contributed by atoms with van der Waals surface area (Å²) in [7, 11) is 1.89. The summed E-state index contributed by atoms with van der Waals surface area (Å²) >= 11 is 12.1. The van der Waals surface area contributed by atoms with Gasteiger partial charge in [-0.3, -0.25) is 4.98 Å². The number of nitrogens with zero attached hydrogens (tertiary/aromatic N) is 3. The van der Waals surface area contributed by atoms with E-state index in [-0.39, 0.29) is 6.04 Å². The molecule has 102 valence electrons. The fourth-order valence-corrected chi connectivity index (χ4v) is 2.53. The van der Waals surface area contributed by atoms with Gasteiger partial charge in [-0.1, -0.05) is 23.2 Å². The third kappa shape index (κ3) is 3.26. The highest BCUT2D eigenvalue weighted by molar-refractivity contribution is 6.34. The van der Waals surface area contributed by atoms with E-state index in [4.69, 9.17) is 23.2 Å². The predicted octanol–water partition coefficient (Wildman–Crippen LogP) is 3.11. The molecule has 0 bridgehead atoms. The minimum Gasteiger partial charge on any atom is -0.335 e. The standard InChI is InChI=1S/C13H16Cl2N4/c1-3-19-5-4-17-12(19)7-11(16-2)13-10(15)6-9(14)8-18-13/h4-6,8,11,16H,3,7H2,1-2H3. The van der Waals surface area contributed by atoms with Crippen LogP contribution in [0, 0.1) is 0 Å². The van der Waals surface area contributed by atoms with E-state index in [2.05, 4.69) is 26.8 Å². The molecule has 2 heterocycles. The van der Waals surface area contributed by atoms with E-state index in [1.807, 2.05) is 19.4 Å². The number of pyridine rings is 1. The van der Waals surface area contributed by atoms with Gasteiger partial charge in [0.05, 0.1) is 21.8 Å². The first-order valence-electron chi connectivity index (χ1n) is 6.14. The smallest absolute Gasteiger partial charge is 0.110 e. The fraction of sp³-hybridized carbons (Fsp3) is 0.385. The van der Waals surface area contributed by atoms with Crippen molar-refractivity contribution in [2.75, 3.05) is 7.05 Å². The van der Waals surface area contributed by atoms with Crippen LogP contribution in [0.1, 0.15) is 24.5 Å². The Morgan fingerprint density at radius 1 is 1.37 bits per heavy atom. The van der Waals surface area contributed by atoms with Crippen molar-refractivity contribution in [2.45, 2.75) is 25.9 Å². The predicted molar refractivity (Wildman–Crippen MR) is 77.7 cm³/mol. The molecule has 1 N–H and O–H groups in total. The normalized spacial score (nSPS) is 12.6. The number of rotatable bonds is 5. The van der Waals surface area contributed by atoms with Gasteiger partial charge in [-0.2, -0.15) is 0 Å². The number of halogens is 2. The van der Waals surface area contributed by atoms with Crippen LogP contribution in [0.5, 0.6) is 0 Å². The van der Waals surface area contributed by atoms with Crippen molar-refractivity contribution >= 4 is 23.2 Å². The molecule has 0 radical (unpaired) electrons. The number of hydrogen-bond donors (Lipinski definition) is 1. The SMILES string of the molecule is CCn1ccnc1CC(NC)c1ncc(Cl)cc1Cl. The Kier molecular flexibility index (Phi) is 4.80. The molecule has 1 atom stereocenters. The van der Waals surface area contributed by atoms with Crippen LogP contribution in [0.4, 0.5) is 0 Å². The molecular weight excluding hydrogens is 283 g/mol. The van der Waals surface area contributed by atoms with E-state index in [9.17, 15) is 0 Å². The topological polar surface area (TPSA) is 42.7 Å². The van der Waals surface area contributed by atoms with Gasteiger partial charge >= 0.3 is 0 Å². The molecule has 0 amide bonds. The van der Waals surface area contributed by atoms with Gasteiger partial charge in [0.15, 0.2) is 0 Å². The Hall–Kier alpha value is -1.10. The van der Waals surface area contributed by atoms with E-state index < -0.39 is 0 Å². The van der Waals surface area contributed by atoms with Gasteiger partial charge < -0.3 is 9.88 Å². The molecule has 0 aliphatic rings. The van der Waals surface area contributed by atoms with Crippen molar-refractivity contribution in [2.24, 2.45) is 0 Å². The molecule has 1 unspecified atom stereocenters. The number of nitrogens with one attached hydrogen (secondary N) is 1. The maximum absolute atomic E-state index is 6.20. The van der Waals surface area contributed by atoms with E-state index in [0.717, 1.165) is 24.5 Å². The second-order valence-corrected chi connectivity index (χ2v) is 5.04. The summed E-state index contributed by atoms with van der Waals surface area (Å²) in [5.74, 6) is 1.01. The Labute approximate surface area is 122 Å². The van der Waals surface area contributed by atoms with Crippen LogP contribution in [0.3, 0.4) is 0 Å². The van der Waals surface area contributed by atoms with Gasteiger partial charge in [-0.25, -0.2) is 4.98 Å². The number of aryl methyl sites for hydroxylation is 1. The van der Waals surface area contributed by atoms with E-state index in [1.54, 1.807) is 12.3 Å². The Balaban J connectivity index is 2.25.